The Morgan fingerprint density at radius 3 is 1.25 bits per heavy atom. The van der Waals surface area contributed by atoms with Gasteiger partial charge in [0.25, 0.3) is 0 Å². The van der Waals surface area contributed by atoms with E-state index in [-0.39, 0.29) is 28.3 Å². The average Bonchev–Trinajstić information content (AvgIpc) is 2.45. The minimum absolute atomic E-state index is 0.0861. The zero-order valence-corrected chi connectivity index (χ0v) is 20.6. The van der Waals surface area contributed by atoms with Crippen molar-refractivity contribution in [3.8, 4) is 0 Å². The van der Waals surface area contributed by atoms with Gasteiger partial charge < -0.3 is 5.11 Å². The maximum atomic E-state index is 9.78. The molecular weight excluding hydrogens is 352 g/mol. The average molecular weight is 401 g/mol. The van der Waals surface area contributed by atoms with Crippen LogP contribution in [-0.4, -0.2) is 56.7 Å². The van der Waals surface area contributed by atoms with Gasteiger partial charge in [0.15, 0.2) is 0 Å². The zero-order chi connectivity index (χ0) is 22.0. The molecule has 5 heteroatoms. The number of hydrogen-bond acceptors (Lipinski definition) is 5. The summed E-state index contributed by atoms with van der Waals surface area (Å²) in [6.07, 6.45) is 3.77. The largest absolute Gasteiger partial charge is 0.393 e. The van der Waals surface area contributed by atoms with Crippen molar-refractivity contribution in [3.05, 3.63) is 0 Å². The third kappa shape index (κ3) is 6.40. The van der Waals surface area contributed by atoms with Crippen LogP contribution in [0.5, 0.6) is 0 Å². The lowest BCUT2D eigenvalue weighted by atomic mass is 9.76. The van der Waals surface area contributed by atoms with Crippen LogP contribution in [-0.2, 0) is 9.68 Å². The van der Waals surface area contributed by atoms with Crippen LogP contribution in [0.4, 0.5) is 0 Å². The predicted molar refractivity (Wildman–Crippen MR) is 117 cm³/mol. The second-order valence-corrected chi connectivity index (χ2v) is 11.2. The van der Waals surface area contributed by atoms with Gasteiger partial charge in [-0.3, -0.25) is 9.68 Å². The molecule has 2 rings (SSSR count). The zero-order valence-electron chi connectivity index (χ0n) is 20.6. The molecule has 0 bridgehead atoms. The highest BCUT2D eigenvalue weighted by Gasteiger charge is 2.46. The smallest absolute Gasteiger partial charge is 0.0657 e. The Hall–Kier alpha value is -0.200. The summed E-state index contributed by atoms with van der Waals surface area (Å²) in [5.41, 5.74) is 0.155. The number of aliphatic hydroxyl groups is 1. The van der Waals surface area contributed by atoms with E-state index in [4.69, 9.17) is 9.68 Å². The molecule has 0 radical (unpaired) electrons. The van der Waals surface area contributed by atoms with Gasteiger partial charge in [-0.1, -0.05) is 6.92 Å². The van der Waals surface area contributed by atoms with Crippen molar-refractivity contribution in [2.24, 2.45) is 5.92 Å². The molecule has 0 aromatic rings. The standard InChI is InChI=1S/C12H25NO.C11H23NO2/c1-7-14-13-11(3,4)8-10(2)9-12(13,5)6;1-6-14-12-10(2,3)7-9(13)8-11(12,4)5/h10H,7-9H2,1-6H3;9,13H,6-8H2,1-5H3. The van der Waals surface area contributed by atoms with Gasteiger partial charge in [-0.2, -0.15) is 10.1 Å². The lowest BCUT2D eigenvalue weighted by Crippen LogP contribution is -2.61. The molecule has 0 spiro atoms. The van der Waals surface area contributed by atoms with Crippen molar-refractivity contribution < 1.29 is 14.8 Å². The van der Waals surface area contributed by atoms with E-state index in [0.29, 0.717) is 6.61 Å². The minimum Gasteiger partial charge on any atom is -0.393 e. The first-order valence-corrected chi connectivity index (χ1v) is 11.1. The van der Waals surface area contributed by atoms with Gasteiger partial charge in [0.05, 0.1) is 19.3 Å². The van der Waals surface area contributed by atoms with Gasteiger partial charge in [-0.25, -0.2) is 0 Å². The Labute approximate surface area is 174 Å². The summed E-state index contributed by atoms with van der Waals surface area (Å²) in [7, 11) is 0. The lowest BCUT2D eigenvalue weighted by Gasteiger charge is -2.53. The van der Waals surface area contributed by atoms with E-state index in [2.05, 4.69) is 74.3 Å². The number of rotatable bonds is 4. The Morgan fingerprint density at radius 2 is 0.964 bits per heavy atom. The van der Waals surface area contributed by atoms with E-state index in [9.17, 15) is 5.11 Å². The molecule has 0 unspecified atom stereocenters. The van der Waals surface area contributed by atoms with Crippen molar-refractivity contribution in [1.29, 1.82) is 0 Å². The monoisotopic (exact) mass is 400 g/mol. The molecule has 0 aliphatic carbocycles. The van der Waals surface area contributed by atoms with E-state index < -0.39 is 0 Å². The summed E-state index contributed by atoms with van der Waals surface area (Å²) in [5, 5.41) is 14.0. The fourth-order valence-corrected chi connectivity index (χ4v) is 5.93. The van der Waals surface area contributed by atoms with Crippen LogP contribution in [0.25, 0.3) is 0 Å². The second kappa shape index (κ2) is 9.30. The van der Waals surface area contributed by atoms with Crippen molar-refractivity contribution in [3.63, 3.8) is 0 Å². The summed E-state index contributed by atoms with van der Waals surface area (Å²) in [5.74, 6) is 0.789. The summed E-state index contributed by atoms with van der Waals surface area (Å²) in [4.78, 5) is 11.5. The minimum atomic E-state index is -0.211. The van der Waals surface area contributed by atoms with Crippen molar-refractivity contribution >= 4 is 0 Å². The Kier molecular flexibility index (Phi) is 8.58. The first-order valence-electron chi connectivity index (χ1n) is 11.1. The quantitative estimate of drug-likeness (QED) is 0.704. The molecule has 2 saturated heterocycles. The molecule has 168 valence electrons. The summed E-state index contributed by atoms with van der Waals surface area (Å²) < 4.78 is 0. The molecule has 0 amide bonds. The van der Waals surface area contributed by atoms with Crippen LogP contribution in [0.1, 0.15) is 102 Å². The van der Waals surface area contributed by atoms with E-state index in [1.54, 1.807) is 0 Å². The number of aliphatic hydroxyl groups excluding tert-OH is 1. The van der Waals surface area contributed by atoms with Gasteiger partial charge in [-0.05, 0) is 101 Å². The molecule has 1 N–H and O–H groups in total. The van der Waals surface area contributed by atoms with Crippen LogP contribution in [0.2, 0.25) is 0 Å². The Balaban J connectivity index is 0.000000280. The molecular formula is C23H48N2O3. The molecule has 2 aliphatic heterocycles. The number of nitrogens with zero attached hydrogens (tertiary/aromatic N) is 2. The van der Waals surface area contributed by atoms with Crippen LogP contribution in [0, 0.1) is 5.92 Å². The van der Waals surface area contributed by atoms with Gasteiger partial charge in [0.1, 0.15) is 0 Å². The molecule has 0 aromatic heterocycles. The van der Waals surface area contributed by atoms with Crippen LogP contribution >= 0.6 is 0 Å². The maximum Gasteiger partial charge on any atom is 0.0657 e. The SMILES string of the molecule is CCON1C(C)(C)CC(C)CC1(C)C.CCON1C(C)(C)CC(O)CC1(C)C. The molecule has 2 aliphatic rings. The summed E-state index contributed by atoms with van der Waals surface area (Å²) in [6.45, 7) is 25.4. The number of hydroxylamine groups is 4. The fraction of sp³-hybridized carbons (Fsp3) is 1.00. The van der Waals surface area contributed by atoms with E-state index in [1.807, 2.05) is 12.0 Å². The van der Waals surface area contributed by atoms with Gasteiger partial charge >= 0.3 is 0 Å². The van der Waals surface area contributed by atoms with Gasteiger partial charge in [-0.15, -0.1) is 0 Å². The highest BCUT2D eigenvalue weighted by molar-refractivity contribution is 4.97. The van der Waals surface area contributed by atoms with E-state index >= 15 is 0 Å². The molecule has 0 atom stereocenters. The second-order valence-electron chi connectivity index (χ2n) is 11.2. The summed E-state index contributed by atoms with van der Waals surface area (Å²) >= 11 is 0. The summed E-state index contributed by atoms with van der Waals surface area (Å²) in [6, 6.07) is 0. The molecule has 2 heterocycles. The Morgan fingerprint density at radius 1 is 0.679 bits per heavy atom. The van der Waals surface area contributed by atoms with Crippen molar-refractivity contribution in [2.45, 2.75) is 130 Å². The fourth-order valence-electron chi connectivity index (χ4n) is 5.93. The molecule has 0 aromatic carbocycles. The third-order valence-corrected chi connectivity index (χ3v) is 5.88. The highest BCUT2D eigenvalue weighted by Crippen LogP contribution is 2.41. The predicted octanol–water partition coefficient (Wildman–Crippen LogP) is 5.18. The van der Waals surface area contributed by atoms with E-state index in [0.717, 1.165) is 25.4 Å². The van der Waals surface area contributed by atoms with E-state index in [1.165, 1.54) is 12.8 Å². The lowest BCUT2D eigenvalue weighted by molar-refractivity contribution is -0.289. The molecule has 5 nitrogen and oxygen atoms in total. The van der Waals surface area contributed by atoms with Crippen LogP contribution < -0.4 is 0 Å². The van der Waals surface area contributed by atoms with Gasteiger partial charge in [0.2, 0.25) is 0 Å². The van der Waals surface area contributed by atoms with Crippen LogP contribution in [0.15, 0.2) is 0 Å². The first kappa shape index (κ1) is 25.8. The number of hydrogen-bond donors (Lipinski definition) is 1. The molecule has 2 fully saturated rings. The first-order chi connectivity index (χ1) is 12.6. The topological polar surface area (TPSA) is 45.2 Å². The highest BCUT2D eigenvalue weighted by atomic mass is 16.7. The van der Waals surface area contributed by atoms with Crippen molar-refractivity contribution in [2.75, 3.05) is 13.2 Å². The molecule has 28 heavy (non-hydrogen) atoms. The maximum absolute atomic E-state index is 9.78. The number of piperidine rings is 2. The Bertz CT molecular complexity index is 408. The third-order valence-electron chi connectivity index (χ3n) is 5.88. The normalized spacial score (nSPS) is 27.9. The molecule has 0 saturated carbocycles. The van der Waals surface area contributed by atoms with Crippen molar-refractivity contribution in [1.82, 2.24) is 10.1 Å². The van der Waals surface area contributed by atoms with Crippen LogP contribution in [0.3, 0.4) is 0 Å². The van der Waals surface area contributed by atoms with Gasteiger partial charge in [0, 0.05) is 22.2 Å².